The monoisotopic (exact) mass is 313 g/mol. The van der Waals surface area contributed by atoms with Crippen molar-refractivity contribution in [2.45, 2.75) is 0 Å². The standard InChI is InChI=1S/C14H10Cl2FNO2/c1-20-7-2-4-10(17)8(6-7)14(19)12-11(18)5-3-9(15)13(12)16/h2-6H,18H2,1H3. The number of carbonyl (C=O) groups is 1. The molecule has 0 fully saturated rings. The van der Waals surface area contributed by atoms with Crippen molar-refractivity contribution in [3.63, 3.8) is 0 Å². The summed E-state index contributed by atoms with van der Waals surface area (Å²) in [6, 6.07) is 6.75. The van der Waals surface area contributed by atoms with Crippen LogP contribution in [0.1, 0.15) is 15.9 Å². The summed E-state index contributed by atoms with van der Waals surface area (Å²) in [5, 5.41) is 0.173. The Hall–Kier alpha value is -1.78. The zero-order valence-electron chi connectivity index (χ0n) is 10.4. The van der Waals surface area contributed by atoms with Crippen molar-refractivity contribution in [2.75, 3.05) is 12.8 Å². The van der Waals surface area contributed by atoms with E-state index in [1.807, 2.05) is 0 Å². The number of nitrogen functional groups attached to an aromatic ring is 1. The van der Waals surface area contributed by atoms with E-state index in [9.17, 15) is 9.18 Å². The molecule has 3 nitrogen and oxygen atoms in total. The molecule has 0 amide bonds. The second-order valence-corrected chi connectivity index (χ2v) is 4.79. The number of halogens is 3. The number of benzene rings is 2. The molecule has 0 bridgehead atoms. The van der Waals surface area contributed by atoms with E-state index in [-0.39, 0.29) is 26.9 Å². The fraction of sp³-hybridized carbons (Fsp3) is 0.0714. The third-order valence-electron chi connectivity index (χ3n) is 2.77. The molecule has 0 atom stereocenters. The summed E-state index contributed by atoms with van der Waals surface area (Å²) in [6.07, 6.45) is 0. The largest absolute Gasteiger partial charge is 0.497 e. The quantitative estimate of drug-likeness (QED) is 0.689. The van der Waals surface area contributed by atoms with Gasteiger partial charge in [-0.25, -0.2) is 4.39 Å². The predicted octanol–water partition coefficient (Wildman–Crippen LogP) is 3.95. The van der Waals surface area contributed by atoms with E-state index in [1.165, 1.54) is 31.4 Å². The molecule has 0 heterocycles. The Bertz CT molecular complexity index is 689. The molecule has 0 saturated heterocycles. The molecule has 2 rings (SSSR count). The first kappa shape index (κ1) is 14.6. The van der Waals surface area contributed by atoms with E-state index in [4.69, 9.17) is 33.7 Å². The summed E-state index contributed by atoms with van der Waals surface area (Å²) in [7, 11) is 1.42. The molecule has 0 radical (unpaired) electrons. The van der Waals surface area contributed by atoms with Crippen LogP contribution in [-0.2, 0) is 0 Å². The number of hydrogen-bond acceptors (Lipinski definition) is 3. The first-order valence-corrected chi connectivity index (χ1v) is 6.33. The van der Waals surface area contributed by atoms with Crippen LogP contribution in [0, 0.1) is 5.82 Å². The highest BCUT2D eigenvalue weighted by Crippen LogP contribution is 2.32. The molecular weight excluding hydrogens is 304 g/mol. The SMILES string of the molecule is COc1ccc(F)c(C(=O)c2c(N)ccc(Cl)c2Cl)c1. The van der Waals surface area contributed by atoms with E-state index in [0.717, 1.165) is 6.07 Å². The lowest BCUT2D eigenvalue weighted by atomic mass is 10.0. The topological polar surface area (TPSA) is 52.3 Å². The first-order chi connectivity index (χ1) is 9.45. The Morgan fingerprint density at radius 1 is 1.25 bits per heavy atom. The molecule has 0 spiro atoms. The average Bonchev–Trinajstić information content (AvgIpc) is 2.43. The van der Waals surface area contributed by atoms with Gasteiger partial charge in [0.05, 0.1) is 28.3 Å². The van der Waals surface area contributed by atoms with Crippen molar-refractivity contribution >= 4 is 34.7 Å². The lowest BCUT2D eigenvalue weighted by molar-refractivity contribution is 0.103. The minimum Gasteiger partial charge on any atom is -0.497 e. The molecule has 0 aliphatic carbocycles. The summed E-state index contributed by atoms with van der Waals surface area (Å²) in [4.78, 5) is 12.4. The first-order valence-electron chi connectivity index (χ1n) is 5.57. The minimum atomic E-state index is -0.689. The van der Waals surface area contributed by atoms with Gasteiger partial charge < -0.3 is 10.5 Å². The van der Waals surface area contributed by atoms with Gasteiger partial charge >= 0.3 is 0 Å². The van der Waals surface area contributed by atoms with E-state index < -0.39 is 11.6 Å². The summed E-state index contributed by atoms with van der Waals surface area (Å²) in [5.74, 6) is -0.982. The number of hydrogen-bond donors (Lipinski definition) is 1. The molecule has 2 aromatic rings. The third kappa shape index (κ3) is 2.57. The number of rotatable bonds is 3. The zero-order valence-corrected chi connectivity index (χ0v) is 11.9. The number of methoxy groups -OCH3 is 1. The highest BCUT2D eigenvalue weighted by Gasteiger charge is 2.21. The Kier molecular flexibility index (Phi) is 4.16. The Morgan fingerprint density at radius 2 is 1.95 bits per heavy atom. The number of anilines is 1. The predicted molar refractivity (Wildman–Crippen MR) is 77.3 cm³/mol. The van der Waals surface area contributed by atoms with Crippen molar-refractivity contribution < 1.29 is 13.9 Å². The molecule has 6 heteroatoms. The normalized spacial score (nSPS) is 10.4. The zero-order chi connectivity index (χ0) is 14.9. The van der Waals surface area contributed by atoms with Crippen molar-refractivity contribution in [2.24, 2.45) is 0 Å². The van der Waals surface area contributed by atoms with Gasteiger partial charge in [-0.2, -0.15) is 0 Å². The second kappa shape index (κ2) is 5.69. The van der Waals surface area contributed by atoms with Crippen molar-refractivity contribution in [1.82, 2.24) is 0 Å². The van der Waals surface area contributed by atoms with Gasteiger partial charge in [0, 0.05) is 5.69 Å². The molecule has 2 aromatic carbocycles. The minimum absolute atomic E-state index is 0.00103. The summed E-state index contributed by atoms with van der Waals surface area (Å²) >= 11 is 11.8. The van der Waals surface area contributed by atoms with Gasteiger partial charge in [-0.1, -0.05) is 23.2 Å². The highest BCUT2D eigenvalue weighted by atomic mass is 35.5. The molecule has 104 valence electrons. The van der Waals surface area contributed by atoms with Gasteiger partial charge in [0.15, 0.2) is 5.78 Å². The van der Waals surface area contributed by atoms with Gasteiger partial charge in [0.1, 0.15) is 11.6 Å². The molecular formula is C14H10Cl2FNO2. The number of nitrogens with two attached hydrogens (primary N) is 1. The Labute approximate surface area is 125 Å². The smallest absolute Gasteiger partial charge is 0.199 e. The van der Waals surface area contributed by atoms with Gasteiger partial charge in [-0.05, 0) is 30.3 Å². The van der Waals surface area contributed by atoms with Crippen LogP contribution in [0.3, 0.4) is 0 Å². The van der Waals surface area contributed by atoms with Crippen LogP contribution in [0.15, 0.2) is 30.3 Å². The van der Waals surface area contributed by atoms with Crippen LogP contribution in [0.2, 0.25) is 10.0 Å². The lowest BCUT2D eigenvalue weighted by Gasteiger charge is -2.10. The van der Waals surface area contributed by atoms with Crippen molar-refractivity contribution in [3.05, 3.63) is 57.3 Å². The van der Waals surface area contributed by atoms with Crippen LogP contribution in [0.4, 0.5) is 10.1 Å². The van der Waals surface area contributed by atoms with Crippen LogP contribution in [0.25, 0.3) is 0 Å². The average molecular weight is 314 g/mol. The number of ketones is 1. The number of carbonyl (C=O) groups excluding carboxylic acids is 1. The summed E-state index contributed by atoms with van der Waals surface area (Å²) in [6.45, 7) is 0. The summed E-state index contributed by atoms with van der Waals surface area (Å²) in [5.41, 5.74) is 5.66. The van der Waals surface area contributed by atoms with Crippen molar-refractivity contribution in [3.8, 4) is 5.75 Å². The maximum Gasteiger partial charge on any atom is 0.199 e. The third-order valence-corrected chi connectivity index (χ3v) is 3.58. The van der Waals surface area contributed by atoms with Crippen LogP contribution < -0.4 is 10.5 Å². The van der Waals surface area contributed by atoms with E-state index in [2.05, 4.69) is 0 Å². The van der Waals surface area contributed by atoms with Crippen LogP contribution in [0.5, 0.6) is 5.75 Å². The highest BCUT2D eigenvalue weighted by molar-refractivity contribution is 6.45. The Balaban J connectivity index is 2.60. The van der Waals surface area contributed by atoms with Gasteiger partial charge in [-0.3, -0.25) is 4.79 Å². The summed E-state index contributed by atoms with van der Waals surface area (Å²) < 4.78 is 18.8. The maximum atomic E-state index is 13.8. The van der Waals surface area contributed by atoms with Gasteiger partial charge in [-0.15, -0.1) is 0 Å². The van der Waals surface area contributed by atoms with E-state index in [0.29, 0.717) is 5.75 Å². The van der Waals surface area contributed by atoms with Crippen LogP contribution >= 0.6 is 23.2 Å². The van der Waals surface area contributed by atoms with E-state index >= 15 is 0 Å². The fourth-order valence-electron chi connectivity index (χ4n) is 1.74. The molecule has 0 aliphatic rings. The van der Waals surface area contributed by atoms with Gasteiger partial charge in [0.25, 0.3) is 0 Å². The molecule has 0 aliphatic heterocycles. The molecule has 0 saturated carbocycles. The van der Waals surface area contributed by atoms with Crippen LogP contribution in [-0.4, -0.2) is 12.9 Å². The maximum absolute atomic E-state index is 13.8. The molecule has 20 heavy (non-hydrogen) atoms. The second-order valence-electron chi connectivity index (χ2n) is 4.00. The lowest BCUT2D eigenvalue weighted by Crippen LogP contribution is -2.09. The molecule has 0 unspecified atom stereocenters. The fourth-order valence-corrected chi connectivity index (χ4v) is 2.15. The van der Waals surface area contributed by atoms with E-state index in [1.54, 1.807) is 0 Å². The Morgan fingerprint density at radius 3 is 2.60 bits per heavy atom. The number of ether oxygens (including phenoxy) is 1. The van der Waals surface area contributed by atoms with Gasteiger partial charge in [0.2, 0.25) is 0 Å². The molecule has 0 aromatic heterocycles. The van der Waals surface area contributed by atoms with Crippen molar-refractivity contribution in [1.29, 1.82) is 0 Å². The molecule has 2 N–H and O–H groups in total.